The Hall–Kier alpha value is -2.82. The van der Waals surface area contributed by atoms with Gasteiger partial charge in [-0.25, -0.2) is 0 Å². The lowest BCUT2D eigenvalue weighted by Crippen LogP contribution is -2.51. The van der Waals surface area contributed by atoms with Gasteiger partial charge in [0.15, 0.2) is 0 Å². The highest BCUT2D eigenvalue weighted by molar-refractivity contribution is 6.30. The van der Waals surface area contributed by atoms with Crippen LogP contribution in [0.3, 0.4) is 0 Å². The van der Waals surface area contributed by atoms with Crippen LogP contribution in [0.25, 0.3) is 0 Å². The van der Waals surface area contributed by atoms with Gasteiger partial charge in [0.1, 0.15) is 6.04 Å². The van der Waals surface area contributed by atoms with Crippen LogP contribution < -0.4 is 5.32 Å². The van der Waals surface area contributed by atoms with Gasteiger partial charge in [-0.15, -0.1) is 0 Å². The molecule has 0 saturated heterocycles. The fraction of sp³-hybridized carbons (Fsp3) is 0.310. The summed E-state index contributed by atoms with van der Waals surface area (Å²) >= 11 is 12.1. The van der Waals surface area contributed by atoms with Crippen LogP contribution in [0.5, 0.6) is 0 Å². The Labute approximate surface area is 218 Å². The molecule has 3 aromatic rings. The number of halogens is 2. The smallest absolute Gasteiger partial charge is 0.243 e. The molecule has 0 heterocycles. The largest absolute Gasteiger partial charge is 0.354 e. The molecule has 4 nitrogen and oxygen atoms in total. The summed E-state index contributed by atoms with van der Waals surface area (Å²) in [6, 6.07) is 23.8. The number of hydrogen-bond acceptors (Lipinski definition) is 2. The van der Waals surface area contributed by atoms with E-state index in [0.29, 0.717) is 29.6 Å². The van der Waals surface area contributed by atoms with Crippen molar-refractivity contribution in [1.82, 2.24) is 10.2 Å². The molecule has 0 saturated carbocycles. The number of benzene rings is 3. The van der Waals surface area contributed by atoms with Gasteiger partial charge in [-0.3, -0.25) is 9.59 Å². The van der Waals surface area contributed by atoms with Gasteiger partial charge in [0.05, 0.1) is 6.42 Å². The third-order valence-electron chi connectivity index (χ3n) is 5.89. The standard InChI is InChI=1S/C29H32Cl2N2O2/c1-2-3-7-18-32-29(35)27(19-22-8-5-4-6-9-22)33(21-24-12-16-26(31)17-13-24)28(34)20-23-10-14-25(30)15-11-23/h4-6,8-17,27H,2-3,7,18-21H2,1H3,(H,32,35)/t27-/m0/s1. The van der Waals surface area contributed by atoms with Crippen molar-refractivity contribution in [3.05, 3.63) is 106 Å². The zero-order chi connectivity index (χ0) is 25.0. The van der Waals surface area contributed by atoms with Crippen LogP contribution in [-0.2, 0) is 29.0 Å². The highest BCUT2D eigenvalue weighted by Crippen LogP contribution is 2.19. The minimum Gasteiger partial charge on any atom is -0.354 e. The Balaban J connectivity index is 1.90. The fourth-order valence-corrected chi connectivity index (χ4v) is 4.18. The molecule has 3 aromatic carbocycles. The number of nitrogens with one attached hydrogen (secondary N) is 1. The molecule has 0 aliphatic carbocycles. The molecule has 1 atom stereocenters. The molecule has 3 rings (SSSR count). The molecule has 0 fully saturated rings. The average molecular weight is 511 g/mol. The summed E-state index contributed by atoms with van der Waals surface area (Å²) in [7, 11) is 0. The van der Waals surface area contributed by atoms with Gasteiger partial charge in [0.25, 0.3) is 0 Å². The molecule has 0 bridgehead atoms. The van der Waals surface area contributed by atoms with E-state index in [-0.39, 0.29) is 18.2 Å². The number of nitrogens with zero attached hydrogens (tertiary/aromatic N) is 1. The third-order valence-corrected chi connectivity index (χ3v) is 6.39. The van der Waals surface area contributed by atoms with Crippen molar-refractivity contribution in [3.63, 3.8) is 0 Å². The second kappa shape index (κ2) is 13.9. The Morgan fingerprint density at radius 2 is 1.40 bits per heavy atom. The fourth-order valence-electron chi connectivity index (χ4n) is 3.92. The number of unbranched alkanes of at least 4 members (excludes halogenated alkanes) is 2. The molecule has 2 amide bonds. The van der Waals surface area contributed by atoms with Crippen molar-refractivity contribution in [2.75, 3.05) is 6.54 Å². The lowest BCUT2D eigenvalue weighted by molar-refractivity contribution is -0.140. The van der Waals surface area contributed by atoms with E-state index in [1.54, 1.807) is 29.2 Å². The summed E-state index contributed by atoms with van der Waals surface area (Å²) in [5, 5.41) is 4.31. The Morgan fingerprint density at radius 3 is 2.00 bits per heavy atom. The second-order valence-corrected chi connectivity index (χ2v) is 9.53. The predicted molar refractivity (Wildman–Crippen MR) is 144 cm³/mol. The average Bonchev–Trinajstić information content (AvgIpc) is 2.87. The highest BCUT2D eigenvalue weighted by Gasteiger charge is 2.30. The molecule has 0 unspecified atom stereocenters. The minimum absolute atomic E-state index is 0.119. The van der Waals surface area contributed by atoms with E-state index in [4.69, 9.17) is 23.2 Å². The number of hydrogen-bond donors (Lipinski definition) is 1. The molecule has 0 aliphatic rings. The highest BCUT2D eigenvalue weighted by atomic mass is 35.5. The quantitative estimate of drug-likeness (QED) is 0.283. The lowest BCUT2D eigenvalue weighted by atomic mass is 10.0. The molecular formula is C29H32Cl2N2O2. The van der Waals surface area contributed by atoms with Gasteiger partial charge in [-0.05, 0) is 47.4 Å². The second-order valence-electron chi connectivity index (χ2n) is 8.66. The van der Waals surface area contributed by atoms with Crippen molar-refractivity contribution in [3.8, 4) is 0 Å². The predicted octanol–water partition coefficient (Wildman–Crippen LogP) is 6.48. The number of rotatable bonds is 12. The minimum atomic E-state index is -0.644. The van der Waals surface area contributed by atoms with E-state index >= 15 is 0 Å². The van der Waals surface area contributed by atoms with Crippen LogP contribution >= 0.6 is 23.2 Å². The van der Waals surface area contributed by atoms with E-state index in [0.717, 1.165) is 36.0 Å². The topological polar surface area (TPSA) is 49.4 Å². The molecule has 0 aliphatic heterocycles. The number of carbonyl (C=O) groups is 2. The van der Waals surface area contributed by atoms with E-state index in [9.17, 15) is 9.59 Å². The first kappa shape index (κ1) is 26.8. The Kier molecular flexibility index (Phi) is 10.6. The first-order valence-electron chi connectivity index (χ1n) is 12.1. The maximum atomic E-state index is 13.7. The van der Waals surface area contributed by atoms with Crippen LogP contribution in [0, 0.1) is 0 Å². The normalized spacial score (nSPS) is 11.6. The van der Waals surface area contributed by atoms with Crippen LogP contribution in [0.1, 0.15) is 42.9 Å². The summed E-state index contributed by atoms with van der Waals surface area (Å²) in [6.07, 6.45) is 3.65. The summed E-state index contributed by atoms with van der Waals surface area (Å²) in [5.41, 5.74) is 2.76. The molecule has 0 aromatic heterocycles. The van der Waals surface area contributed by atoms with Crippen molar-refractivity contribution < 1.29 is 9.59 Å². The summed E-state index contributed by atoms with van der Waals surface area (Å²) in [5.74, 6) is -0.254. The Morgan fingerprint density at radius 1 is 0.800 bits per heavy atom. The molecule has 184 valence electrons. The van der Waals surface area contributed by atoms with Gasteiger partial charge < -0.3 is 10.2 Å². The van der Waals surface area contributed by atoms with Gasteiger partial charge in [-0.1, -0.05) is 97.6 Å². The van der Waals surface area contributed by atoms with Gasteiger partial charge in [-0.2, -0.15) is 0 Å². The van der Waals surface area contributed by atoms with Crippen LogP contribution in [0.15, 0.2) is 78.9 Å². The molecular weight excluding hydrogens is 479 g/mol. The zero-order valence-electron chi connectivity index (χ0n) is 20.1. The van der Waals surface area contributed by atoms with E-state index in [2.05, 4.69) is 12.2 Å². The summed E-state index contributed by atoms with van der Waals surface area (Å²) < 4.78 is 0. The van der Waals surface area contributed by atoms with Crippen molar-refractivity contribution in [1.29, 1.82) is 0 Å². The van der Waals surface area contributed by atoms with Crippen LogP contribution in [-0.4, -0.2) is 29.3 Å². The monoisotopic (exact) mass is 510 g/mol. The van der Waals surface area contributed by atoms with Gasteiger partial charge >= 0.3 is 0 Å². The van der Waals surface area contributed by atoms with Gasteiger partial charge in [0.2, 0.25) is 11.8 Å². The number of amides is 2. The first-order valence-corrected chi connectivity index (χ1v) is 12.8. The van der Waals surface area contributed by atoms with Crippen molar-refractivity contribution >= 4 is 35.0 Å². The summed E-state index contributed by atoms with van der Waals surface area (Å²) in [4.78, 5) is 28.8. The lowest BCUT2D eigenvalue weighted by Gasteiger charge is -2.32. The molecule has 0 spiro atoms. The van der Waals surface area contributed by atoms with Gasteiger partial charge in [0, 0.05) is 29.6 Å². The first-order chi connectivity index (χ1) is 17.0. The maximum Gasteiger partial charge on any atom is 0.243 e. The Bertz CT molecular complexity index is 1070. The van der Waals surface area contributed by atoms with Crippen LogP contribution in [0.4, 0.5) is 0 Å². The van der Waals surface area contributed by atoms with Crippen molar-refractivity contribution in [2.24, 2.45) is 0 Å². The van der Waals surface area contributed by atoms with Crippen molar-refractivity contribution in [2.45, 2.75) is 51.6 Å². The molecule has 1 N–H and O–H groups in total. The maximum absolute atomic E-state index is 13.7. The molecule has 35 heavy (non-hydrogen) atoms. The van der Waals surface area contributed by atoms with Crippen LogP contribution in [0.2, 0.25) is 10.0 Å². The van der Waals surface area contributed by atoms with E-state index in [1.165, 1.54) is 0 Å². The molecule has 6 heteroatoms. The van der Waals surface area contributed by atoms with E-state index < -0.39 is 6.04 Å². The number of carbonyl (C=O) groups excluding carboxylic acids is 2. The SMILES string of the molecule is CCCCCNC(=O)[C@H](Cc1ccccc1)N(Cc1ccc(Cl)cc1)C(=O)Cc1ccc(Cl)cc1. The van der Waals surface area contributed by atoms with E-state index in [1.807, 2.05) is 54.6 Å². The third kappa shape index (κ3) is 8.72. The zero-order valence-corrected chi connectivity index (χ0v) is 21.6. The molecule has 0 radical (unpaired) electrons. The summed E-state index contributed by atoms with van der Waals surface area (Å²) in [6.45, 7) is 3.03.